The highest BCUT2D eigenvalue weighted by molar-refractivity contribution is 5.51. The minimum absolute atomic E-state index is 0.320. The van der Waals surface area contributed by atoms with E-state index in [1.165, 1.54) is 24.9 Å². The SMILES string of the molecule is COc1cccc(N2CCN(C3(CN)CCC3)CC2)c1. The van der Waals surface area contributed by atoms with Crippen molar-refractivity contribution in [2.24, 2.45) is 5.73 Å². The molecule has 110 valence electrons. The summed E-state index contributed by atoms with van der Waals surface area (Å²) in [7, 11) is 1.72. The van der Waals surface area contributed by atoms with Crippen LogP contribution >= 0.6 is 0 Å². The fraction of sp³-hybridized carbons (Fsp3) is 0.625. The van der Waals surface area contributed by atoms with Crippen molar-refractivity contribution in [3.8, 4) is 5.75 Å². The molecule has 1 aromatic carbocycles. The van der Waals surface area contributed by atoms with Crippen LogP contribution in [0.4, 0.5) is 5.69 Å². The number of nitrogens with two attached hydrogens (primary N) is 1. The van der Waals surface area contributed by atoms with Crippen LogP contribution in [-0.2, 0) is 0 Å². The van der Waals surface area contributed by atoms with Crippen molar-refractivity contribution >= 4 is 5.69 Å². The number of benzene rings is 1. The van der Waals surface area contributed by atoms with E-state index in [4.69, 9.17) is 10.5 Å². The molecule has 1 aliphatic carbocycles. The van der Waals surface area contributed by atoms with Gasteiger partial charge < -0.3 is 15.4 Å². The molecule has 4 nitrogen and oxygen atoms in total. The normalized spacial score (nSPS) is 22.4. The molecule has 1 saturated carbocycles. The van der Waals surface area contributed by atoms with Gasteiger partial charge >= 0.3 is 0 Å². The quantitative estimate of drug-likeness (QED) is 0.908. The molecule has 0 spiro atoms. The van der Waals surface area contributed by atoms with Crippen molar-refractivity contribution in [3.63, 3.8) is 0 Å². The van der Waals surface area contributed by atoms with Gasteiger partial charge in [-0.25, -0.2) is 0 Å². The Morgan fingerprint density at radius 2 is 1.95 bits per heavy atom. The molecule has 2 N–H and O–H groups in total. The molecule has 0 aromatic heterocycles. The maximum absolute atomic E-state index is 6.01. The summed E-state index contributed by atoms with van der Waals surface area (Å²) in [6.07, 6.45) is 3.90. The summed E-state index contributed by atoms with van der Waals surface area (Å²) < 4.78 is 5.31. The molecule has 0 atom stereocenters. The predicted molar refractivity (Wildman–Crippen MR) is 82.4 cm³/mol. The Kier molecular flexibility index (Phi) is 3.85. The van der Waals surface area contributed by atoms with Gasteiger partial charge in [0.2, 0.25) is 0 Å². The van der Waals surface area contributed by atoms with Gasteiger partial charge in [0.05, 0.1) is 7.11 Å². The van der Waals surface area contributed by atoms with Crippen molar-refractivity contribution in [2.75, 3.05) is 44.7 Å². The van der Waals surface area contributed by atoms with Crippen LogP contribution in [0.15, 0.2) is 24.3 Å². The van der Waals surface area contributed by atoms with Crippen molar-refractivity contribution in [2.45, 2.75) is 24.8 Å². The van der Waals surface area contributed by atoms with Crippen LogP contribution in [-0.4, -0.2) is 50.3 Å². The summed E-state index contributed by atoms with van der Waals surface area (Å²) in [5, 5.41) is 0. The van der Waals surface area contributed by atoms with Crippen LogP contribution in [0, 0.1) is 0 Å². The van der Waals surface area contributed by atoms with Gasteiger partial charge in [-0.15, -0.1) is 0 Å². The summed E-state index contributed by atoms with van der Waals surface area (Å²) in [6, 6.07) is 8.35. The van der Waals surface area contributed by atoms with Gasteiger partial charge in [0.15, 0.2) is 0 Å². The number of hydrogen-bond acceptors (Lipinski definition) is 4. The molecule has 1 saturated heterocycles. The zero-order chi connectivity index (χ0) is 14.0. The lowest BCUT2D eigenvalue weighted by Gasteiger charge is -2.52. The van der Waals surface area contributed by atoms with Crippen LogP contribution < -0.4 is 15.4 Å². The summed E-state index contributed by atoms with van der Waals surface area (Å²) in [4.78, 5) is 5.06. The highest BCUT2D eigenvalue weighted by Gasteiger charge is 2.42. The molecule has 4 heteroatoms. The van der Waals surface area contributed by atoms with Gasteiger partial charge in [0.1, 0.15) is 5.75 Å². The van der Waals surface area contributed by atoms with Crippen molar-refractivity contribution in [1.29, 1.82) is 0 Å². The van der Waals surface area contributed by atoms with E-state index in [0.717, 1.165) is 38.5 Å². The third-order valence-electron chi connectivity index (χ3n) is 5.03. The Labute approximate surface area is 121 Å². The highest BCUT2D eigenvalue weighted by atomic mass is 16.5. The molecule has 2 aliphatic rings. The van der Waals surface area contributed by atoms with E-state index >= 15 is 0 Å². The Hall–Kier alpha value is -1.26. The molecule has 1 aromatic rings. The third-order valence-corrected chi connectivity index (χ3v) is 5.03. The summed E-state index contributed by atoms with van der Waals surface area (Å²) in [5.74, 6) is 0.933. The van der Waals surface area contributed by atoms with Crippen LogP contribution in [0.25, 0.3) is 0 Å². The first-order chi connectivity index (χ1) is 9.77. The van der Waals surface area contributed by atoms with Gasteiger partial charge in [0, 0.05) is 50.0 Å². The van der Waals surface area contributed by atoms with Crippen molar-refractivity contribution in [1.82, 2.24) is 4.90 Å². The fourth-order valence-electron chi connectivity index (χ4n) is 3.48. The fourth-order valence-corrected chi connectivity index (χ4v) is 3.48. The smallest absolute Gasteiger partial charge is 0.120 e. The topological polar surface area (TPSA) is 41.7 Å². The van der Waals surface area contributed by atoms with Gasteiger partial charge in [-0.3, -0.25) is 4.90 Å². The van der Waals surface area contributed by atoms with Crippen molar-refractivity contribution < 1.29 is 4.74 Å². The molecule has 2 fully saturated rings. The van der Waals surface area contributed by atoms with E-state index in [-0.39, 0.29) is 0 Å². The van der Waals surface area contributed by atoms with Crippen molar-refractivity contribution in [3.05, 3.63) is 24.3 Å². The van der Waals surface area contributed by atoms with Crippen LogP contribution in [0.3, 0.4) is 0 Å². The summed E-state index contributed by atoms with van der Waals surface area (Å²) in [6.45, 7) is 5.21. The zero-order valence-corrected chi connectivity index (χ0v) is 12.3. The molecular weight excluding hydrogens is 250 g/mol. The van der Waals surface area contributed by atoms with E-state index in [0.29, 0.717) is 5.54 Å². The standard InChI is InChI=1S/C16H25N3O/c1-20-15-5-2-4-14(12-15)18-8-10-19(11-9-18)16(13-17)6-3-7-16/h2,4-5,12H,3,6-11,13,17H2,1H3. The molecule has 0 amide bonds. The Morgan fingerprint density at radius 1 is 1.20 bits per heavy atom. The largest absolute Gasteiger partial charge is 0.497 e. The first kappa shape index (κ1) is 13.7. The van der Waals surface area contributed by atoms with Crippen LogP contribution in [0.5, 0.6) is 5.75 Å². The van der Waals surface area contributed by atoms with E-state index in [9.17, 15) is 0 Å². The van der Waals surface area contributed by atoms with Gasteiger partial charge in [-0.1, -0.05) is 6.07 Å². The number of ether oxygens (including phenoxy) is 1. The molecule has 0 unspecified atom stereocenters. The minimum atomic E-state index is 0.320. The average molecular weight is 275 g/mol. The second-order valence-corrected chi connectivity index (χ2v) is 5.96. The minimum Gasteiger partial charge on any atom is -0.497 e. The van der Waals surface area contributed by atoms with Gasteiger partial charge in [0.25, 0.3) is 0 Å². The Balaban J connectivity index is 1.63. The molecule has 0 bridgehead atoms. The Morgan fingerprint density at radius 3 is 2.50 bits per heavy atom. The lowest BCUT2D eigenvalue weighted by atomic mass is 9.75. The highest BCUT2D eigenvalue weighted by Crippen LogP contribution is 2.37. The number of methoxy groups -OCH3 is 1. The van der Waals surface area contributed by atoms with E-state index in [1.807, 2.05) is 6.07 Å². The second kappa shape index (κ2) is 5.62. The molecular formula is C16H25N3O. The zero-order valence-electron chi connectivity index (χ0n) is 12.3. The lowest BCUT2D eigenvalue weighted by molar-refractivity contribution is 0.0192. The van der Waals surface area contributed by atoms with Gasteiger partial charge in [-0.2, -0.15) is 0 Å². The molecule has 3 rings (SSSR count). The number of rotatable bonds is 4. The van der Waals surface area contributed by atoms with Crippen LogP contribution in [0.1, 0.15) is 19.3 Å². The number of hydrogen-bond donors (Lipinski definition) is 1. The van der Waals surface area contributed by atoms with Crippen LogP contribution in [0.2, 0.25) is 0 Å². The third kappa shape index (κ3) is 2.38. The maximum atomic E-state index is 6.01. The molecule has 0 radical (unpaired) electrons. The predicted octanol–water partition coefficient (Wildman–Crippen LogP) is 1.70. The molecule has 1 heterocycles. The molecule has 20 heavy (non-hydrogen) atoms. The number of nitrogens with zero attached hydrogens (tertiary/aromatic N) is 2. The van der Waals surface area contributed by atoms with E-state index in [2.05, 4.69) is 28.0 Å². The molecule has 1 aliphatic heterocycles. The first-order valence-corrected chi connectivity index (χ1v) is 7.61. The maximum Gasteiger partial charge on any atom is 0.120 e. The van der Waals surface area contributed by atoms with E-state index < -0.39 is 0 Å². The number of piperazine rings is 1. The Bertz CT molecular complexity index is 445. The lowest BCUT2D eigenvalue weighted by Crippen LogP contribution is -2.63. The second-order valence-electron chi connectivity index (χ2n) is 5.96. The average Bonchev–Trinajstić information content (AvgIpc) is 2.47. The first-order valence-electron chi connectivity index (χ1n) is 7.61. The van der Waals surface area contributed by atoms with Gasteiger partial charge in [-0.05, 0) is 31.4 Å². The summed E-state index contributed by atoms with van der Waals surface area (Å²) >= 11 is 0. The number of anilines is 1. The van der Waals surface area contributed by atoms with E-state index in [1.54, 1.807) is 7.11 Å². The monoisotopic (exact) mass is 275 g/mol. The summed E-state index contributed by atoms with van der Waals surface area (Å²) in [5.41, 5.74) is 7.59.